The van der Waals surface area contributed by atoms with Crippen molar-refractivity contribution in [3.8, 4) is 11.3 Å². The largest absolute Gasteiger partial charge is 0.483 e. The van der Waals surface area contributed by atoms with E-state index in [4.69, 9.17) is 14.6 Å². The van der Waals surface area contributed by atoms with E-state index in [-0.39, 0.29) is 24.7 Å². The van der Waals surface area contributed by atoms with Gasteiger partial charge in [-0.05, 0) is 39.0 Å². The normalized spacial score (nSPS) is 17.9. The minimum absolute atomic E-state index is 0.207. The number of nitrogens with zero attached hydrogens (tertiary/aromatic N) is 3. The fraction of sp³-hybridized carbons (Fsp3) is 0.348. The van der Waals surface area contributed by atoms with Crippen LogP contribution < -0.4 is 15.5 Å². The molecule has 32 heavy (non-hydrogen) atoms. The smallest absolute Gasteiger partial charge is 0.319 e. The van der Waals surface area contributed by atoms with Gasteiger partial charge in [-0.3, -0.25) is 9.20 Å². The number of rotatable bonds is 4. The number of fused-ring (bicyclic) bond motifs is 1. The molecule has 3 heterocycles. The molecule has 0 spiro atoms. The van der Waals surface area contributed by atoms with Crippen LogP contribution in [0.25, 0.3) is 16.9 Å². The Bertz CT molecular complexity index is 1060. The fourth-order valence-electron chi connectivity index (χ4n) is 3.86. The van der Waals surface area contributed by atoms with Gasteiger partial charge in [0.05, 0.1) is 24.1 Å². The number of anilines is 2. The summed E-state index contributed by atoms with van der Waals surface area (Å²) in [4.78, 5) is 27.1. The minimum Gasteiger partial charge on any atom is -0.483 e. The quantitative estimate of drug-likeness (QED) is 0.538. The Kier molecular flexibility index (Phi) is 7.67. The van der Waals surface area contributed by atoms with E-state index in [9.17, 15) is 4.79 Å². The van der Waals surface area contributed by atoms with E-state index in [0.29, 0.717) is 6.54 Å². The second-order valence-corrected chi connectivity index (χ2v) is 7.59. The molecule has 1 aliphatic rings. The van der Waals surface area contributed by atoms with Crippen molar-refractivity contribution >= 4 is 29.5 Å². The maximum atomic E-state index is 11.8. The number of amides is 2. The van der Waals surface area contributed by atoms with Crippen LogP contribution in [0.1, 0.15) is 20.8 Å². The molecule has 2 amide bonds. The highest BCUT2D eigenvalue weighted by Gasteiger charge is 2.22. The molecule has 0 bridgehead atoms. The van der Waals surface area contributed by atoms with Crippen molar-refractivity contribution in [2.45, 2.75) is 33.0 Å². The molecular formula is C23H29N5O4. The van der Waals surface area contributed by atoms with Crippen molar-refractivity contribution in [2.24, 2.45) is 0 Å². The number of urea groups is 1. The lowest BCUT2D eigenvalue weighted by Crippen LogP contribution is -2.45. The first-order valence-corrected chi connectivity index (χ1v) is 10.6. The minimum atomic E-state index is -0.250. The number of ether oxygens (including phenoxy) is 1. The van der Waals surface area contributed by atoms with Gasteiger partial charge in [-0.25, -0.2) is 9.78 Å². The Morgan fingerprint density at radius 2 is 1.97 bits per heavy atom. The van der Waals surface area contributed by atoms with Crippen molar-refractivity contribution in [3.05, 3.63) is 48.8 Å². The van der Waals surface area contributed by atoms with Gasteiger partial charge in [0.2, 0.25) is 0 Å². The maximum Gasteiger partial charge on any atom is 0.319 e. The summed E-state index contributed by atoms with van der Waals surface area (Å²) in [6.45, 7) is 8.19. The molecule has 9 heteroatoms. The molecule has 1 fully saturated rings. The lowest BCUT2D eigenvalue weighted by atomic mass is 10.1. The number of pyridine rings is 1. The molecular weight excluding hydrogens is 410 g/mol. The molecule has 3 N–H and O–H groups in total. The first kappa shape index (κ1) is 23.1. The highest BCUT2D eigenvalue weighted by molar-refractivity contribution is 5.90. The zero-order valence-electron chi connectivity index (χ0n) is 18.5. The zero-order valence-corrected chi connectivity index (χ0v) is 18.5. The highest BCUT2D eigenvalue weighted by Crippen LogP contribution is 2.27. The van der Waals surface area contributed by atoms with E-state index >= 15 is 0 Å². The SMILES string of the molecule is CCNC(=O)Nc1cccc(-c2cnc3cc(N4C[C@@H](C)O[C@H](C)C4)ccn23)c1.O=CO. The number of nitrogens with one attached hydrogen (secondary N) is 2. The van der Waals surface area contributed by atoms with Crippen LogP contribution in [-0.2, 0) is 9.53 Å². The maximum absolute atomic E-state index is 11.8. The third-order valence-electron chi connectivity index (χ3n) is 5.04. The number of carbonyl (C=O) groups is 2. The second kappa shape index (κ2) is 10.6. The Balaban J connectivity index is 0.000000913. The average Bonchev–Trinajstić information content (AvgIpc) is 3.17. The van der Waals surface area contributed by atoms with Crippen LogP contribution in [-0.4, -0.2) is 58.8 Å². The summed E-state index contributed by atoms with van der Waals surface area (Å²) in [7, 11) is 0. The first-order chi connectivity index (χ1) is 15.4. The van der Waals surface area contributed by atoms with Crippen LogP contribution in [0.15, 0.2) is 48.8 Å². The summed E-state index contributed by atoms with van der Waals surface area (Å²) in [5.74, 6) is 0. The van der Waals surface area contributed by atoms with Crippen LogP contribution in [0.5, 0.6) is 0 Å². The number of carbonyl (C=O) groups excluding carboxylic acids is 1. The highest BCUT2D eigenvalue weighted by atomic mass is 16.5. The van der Waals surface area contributed by atoms with E-state index in [1.807, 2.05) is 37.4 Å². The summed E-state index contributed by atoms with van der Waals surface area (Å²) < 4.78 is 7.92. The average molecular weight is 440 g/mol. The monoisotopic (exact) mass is 439 g/mol. The van der Waals surface area contributed by atoms with E-state index < -0.39 is 0 Å². The molecule has 0 unspecified atom stereocenters. The molecule has 2 aromatic heterocycles. The molecule has 0 saturated carbocycles. The van der Waals surface area contributed by atoms with Gasteiger partial charge in [0.1, 0.15) is 5.65 Å². The van der Waals surface area contributed by atoms with Gasteiger partial charge < -0.3 is 25.4 Å². The number of carboxylic acid groups (broad SMARTS) is 1. The number of imidazole rings is 1. The molecule has 4 rings (SSSR count). The molecule has 2 atom stereocenters. The number of morpholine rings is 1. The van der Waals surface area contributed by atoms with Gasteiger partial charge in [-0.15, -0.1) is 0 Å². The summed E-state index contributed by atoms with van der Waals surface area (Å²) in [5, 5.41) is 12.5. The van der Waals surface area contributed by atoms with E-state index in [1.54, 1.807) is 0 Å². The van der Waals surface area contributed by atoms with Crippen LogP contribution in [0.4, 0.5) is 16.2 Å². The fourth-order valence-corrected chi connectivity index (χ4v) is 3.86. The van der Waals surface area contributed by atoms with E-state index in [0.717, 1.165) is 41.4 Å². The molecule has 1 saturated heterocycles. The Morgan fingerprint density at radius 1 is 1.25 bits per heavy atom. The summed E-state index contributed by atoms with van der Waals surface area (Å²) in [6, 6.07) is 11.8. The van der Waals surface area contributed by atoms with Crippen molar-refractivity contribution in [1.29, 1.82) is 0 Å². The summed E-state index contributed by atoms with van der Waals surface area (Å²) >= 11 is 0. The Morgan fingerprint density at radius 3 is 2.66 bits per heavy atom. The topological polar surface area (TPSA) is 108 Å². The third kappa shape index (κ3) is 5.55. The lowest BCUT2D eigenvalue weighted by Gasteiger charge is -2.36. The molecule has 3 aromatic rings. The van der Waals surface area contributed by atoms with Crippen LogP contribution in [0.2, 0.25) is 0 Å². The van der Waals surface area contributed by atoms with E-state index in [1.165, 1.54) is 0 Å². The van der Waals surface area contributed by atoms with Gasteiger partial charge in [-0.2, -0.15) is 0 Å². The van der Waals surface area contributed by atoms with Crippen LogP contribution in [0.3, 0.4) is 0 Å². The van der Waals surface area contributed by atoms with Gasteiger partial charge in [0, 0.05) is 48.8 Å². The second-order valence-electron chi connectivity index (χ2n) is 7.59. The summed E-state index contributed by atoms with van der Waals surface area (Å²) in [6.07, 6.45) is 4.35. The van der Waals surface area contributed by atoms with Gasteiger partial charge in [0.25, 0.3) is 6.47 Å². The Labute approximate surface area is 187 Å². The predicted octanol–water partition coefficient (Wildman–Crippen LogP) is 3.46. The van der Waals surface area contributed by atoms with Gasteiger partial charge >= 0.3 is 6.03 Å². The molecule has 0 aliphatic carbocycles. The van der Waals surface area contributed by atoms with Crippen LogP contribution in [0, 0.1) is 0 Å². The standard InChI is InChI=1S/C22H27N5O2.CH2O2/c1-4-23-22(28)25-18-7-5-6-17(10-18)20-12-24-21-11-19(8-9-27(20)21)26-13-15(2)29-16(3)14-26;2-1-3/h5-12,15-16H,4,13-14H2,1-3H3,(H2,23,25,28);1H,(H,2,3)/t15-,16-;/m1./s1. The number of hydrogen-bond acceptors (Lipinski definition) is 5. The lowest BCUT2D eigenvalue weighted by molar-refractivity contribution is -0.122. The van der Waals surface area contributed by atoms with Gasteiger partial charge in [-0.1, -0.05) is 12.1 Å². The molecule has 170 valence electrons. The molecule has 9 nitrogen and oxygen atoms in total. The zero-order chi connectivity index (χ0) is 23.1. The third-order valence-corrected chi connectivity index (χ3v) is 5.04. The Hall–Kier alpha value is -3.59. The van der Waals surface area contributed by atoms with E-state index in [2.05, 4.69) is 57.1 Å². The van der Waals surface area contributed by atoms with Crippen molar-refractivity contribution in [3.63, 3.8) is 0 Å². The van der Waals surface area contributed by atoms with Crippen molar-refractivity contribution < 1.29 is 19.4 Å². The van der Waals surface area contributed by atoms with Crippen molar-refractivity contribution in [1.82, 2.24) is 14.7 Å². The van der Waals surface area contributed by atoms with Crippen LogP contribution >= 0.6 is 0 Å². The molecule has 1 aromatic carbocycles. The summed E-state index contributed by atoms with van der Waals surface area (Å²) in [5.41, 5.74) is 4.77. The molecule has 0 radical (unpaired) electrons. The number of benzene rings is 1. The predicted molar refractivity (Wildman–Crippen MR) is 124 cm³/mol. The number of aromatic nitrogens is 2. The molecule has 1 aliphatic heterocycles. The van der Waals surface area contributed by atoms with Crippen molar-refractivity contribution in [2.75, 3.05) is 29.9 Å². The first-order valence-electron chi connectivity index (χ1n) is 10.6. The number of hydrogen-bond donors (Lipinski definition) is 3. The van der Waals surface area contributed by atoms with Gasteiger partial charge in [0.15, 0.2) is 0 Å².